The zero-order chi connectivity index (χ0) is 11.0. The molecule has 0 amide bonds. The first-order chi connectivity index (χ1) is 7.83. The van der Waals surface area contributed by atoms with Crippen molar-refractivity contribution in [2.75, 3.05) is 0 Å². The zero-order valence-corrected chi connectivity index (χ0v) is 10.5. The third-order valence-corrected chi connectivity index (χ3v) is 4.27. The van der Waals surface area contributed by atoms with E-state index in [-0.39, 0.29) is 0 Å². The first-order valence-corrected chi connectivity index (χ1v) is 6.97. The lowest BCUT2D eigenvalue weighted by atomic mass is 9.97. The maximum Gasteiger partial charge on any atom is 0.212 e. The van der Waals surface area contributed by atoms with Gasteiger partial charge in [0.25, 0.3) is 0 Å². The second kappa shape index (κ2) is 4.17. The Morgan fingerprint density at radius 2 is 2.00 bits per heavy atom. The molecule has 16 heavy (non-hydrogen) atoms. The smallest absolute Gasteiger partial charge is 0.212 e. The molecule has 0 N–H and O–H groups in total. The zero-order valence-electron chi connectivity index (χ0n) is 9.65. The maximum absolute atomic E-state index is 4.72. The van der Waals surface area contributed by atoms with Crippen LogP contribution in [0, 0.1) is 6.92 Å². The van der Waals surface area contributed by atoms with Crippen molar-refractivity contribution >= 4 is 16.3 Å². The highest BCUT2D eigenvalue weighted by Gasteiger charge is 2.18. The number of hydrogen-bond donors (Lipinski definition) is 0. The fourth-order valence-electron chi connectivity index (χ4n) is 2.59. The molecule has 0 unspecified atom stereocenters. The van der Waals surface area contributed by atoms with Crippen LogP contribution >= 0.6 is 11.3 Å². The van der Waals surface area contributed by atoms with Gasteiger partial charge in [-0.2, -0.15) is 5.10 Å². The summed E-state index contributed by atoms with van der Waals surface area (Å²) in [5, 5.41) is 5.52. The highest BCUT2D eigenvalue weighted by molar-refractivity contribution is 7.16. The minimum atomic E-state index is 0.678. The molecule has 1 saturated carbocycles. The van der Waals surface area contributed by atoms with E-state index < -0.39 is 0 Å². The van der Waals surface area contributed by atoms with Crippen molar-refractivity contribution in [3.8, 4) is 0 Å². The molecule has 4 heteroatoms. The summed E-state index contributed by atoms with van der Waals surface area (Å²) < 4.78 is 1.94. The van der Waals surface area contributed by atoms with E-state index in [4.69, 9.17) is 4.98 Å². The van der Waals surface area contributed by atoms with E-state index in [0.717, 1.165) is 9.97 Å². The van der Waals surface area contributed by atoms with E-state index in [1.165, 1.54) is 44.2 Å². The molecule has 0 atom stereocenters. The molecule has 2 heterocycles. The van der Waals surface area contributed by atoms with Gasteiger partial charge >= 0.3 is 0 Å². The number of imidazole rings is 1. The monoisotopic (exact) mass is 235 g/mol. The Hall–Kier alpha value is -0.900. The van der Waals surface area contributed by atoms with Gasteiger partial charge in [0.15, 0.2) is 0 Å². The van der Waals surface area contributed by atoms with Gasteiger partial charge in [-0.15, -0.1) is 0 Å². The van der Waals surface area contributed by atoms with E-state index in [1.807, 2.05) is 11.4 Å². The van der Waals surface area contributed by atoms with Crippen molar-refractivity contribution in [3.05, 3.63) is 16.9 Å². The average Bonchev–Trinajstić information content (AvgIpc) is 2.65. The van der Waals surface area contributed by atoms with Gasteiger partial charge in [-0.05, 0) is 19.8 Å². The van der Waals surface area contributed by atoms with Crippen molar-refractivity contribution in [3.63, 3.8) is 0 Å². The Morgan fingerprint density at radius 1 is 1.25 bits per heavy atom. The number of rotatable bonds is 1. The molecule has 1 aliphatic carbocycles. The molecule has 3 nitrogen and oxygen atoms in total. The van der Waals surface area contributed by atoms with Gasteiger partial charge in [0.05, 0.1) is 11.9 Å². The van der Waals surface area contributed by atoms with Crippen molar-refractivity contribution in [2.24, 2.45) is 0 Å². The summed E-state index contributed by atoms with van der Waals surface area (Å²) in [7, 11) is 0. The van der Waals surface area contributed by atoms with Crippen LogP contribution in [-0.4, -0.2) is 14.6 Å². The third-order valence-electron chi connectivity index (χ3n) is 3.44. The highest BCUT2D eigenvalue weighted by atomic mass is 32.1. The number of nitrogens with zero attached hydrogens (tertiary/aromatic N) is 3. The minimum absolute atomic E-state index is 0.678. The van der Waals surface area contributed by atoms with Gasteiger partial charge in [0.2, 0.25) is 4.96 Å². The van der Waals surface area contributed by atoms with Gasteiger partial charge < -0.3 is 0 Å². The van der Waals surface area contributed by atoms with Crippen LogP contribution in [0.1, 0.15) is 55.1 Å². The van der Waals surface area contributed by atoms with Gasteiger partial charge in [0, 0.05) is 5.92 Å². The van der Waals surface area contributed by atoms with Crippen LogP contribution in [0.2, 0.25) is 0 Å². The van der Waals surface area contributed by atoms with Crippen molar-refractivity contribution < 1.29 is 0 Å². The molecule has 2 aromatic heterocycles. The van der Waals surface area contributed by atoms with E-state index in [2.05, 4.69) is 11.3 Å². The average molecular weight is 235 g/mol. The van der Waals surface area contributed by atoms with Gasteiger partial charge in [0.1, 0.15) is 5.01 Å². The molecule has 86 valence electrons. The lowest BCUT2D eigenvalue weighted by Gasteiger charge is -2.09. The molecular weight excluding hydrogens is 218 g/mol. The molecule has 0 spiro atoms. The van der Waals surface area contributed by atoms with Crippen molar-refractivity contribution in [2.45, 2.75) is 51.4 Å². The second-order valence-electron chi connectivity index (χ2n) is 4.70. The Balaban J connectivity index is 1.89. The number of hydrogen-bond acceptors (Lipinski definition) is 3. The molecule has 0 radical (unpaired) electrons. The Morgan fingerprint density at radius 3 is 2.69 bits per heavy atom. The molecule has 2 aromatic rings. The van der Waals surface area contributed by atoms with Gasteiger partial charge in [-0.1, -0.05) is 37.0 Å². The largest absolute Gasteiger partial charge is 0.222 e. The van der Waals surface area contributed by atoms with Crippen LogP contribution in [0.25, 0.3) is 4.96 Å². The first-order valence-electron chi connectivity index (χ1n) is 6.15. The molecular formula is C12H17N3S. The van der Waals surface area contributed by atoms with Crippen LogP contribution < -0.4 is 0 Å². The molecule has 1 aliphatic rings. The Bertz CT molecular complexity index is 446. The van der Waals surface area contributed by atoms with Crippen LogP contribution in [0.3, 0.4) is 0 Å². The van der Waals surface area contributed by atoms with Crippen molar-refractivity contribution in [1.29, 1.82) is 0 Å². The Labute approximate surface area is 99.5 Å². The normalized spacial score (nSPS) is 19.1. The van der Waals surface area contributed by atoms with Crippen LogP contribution in [-0.2, 0) is 0 Å². The molecule has 0 bridgehead atoms. The summed E-state index contributed by atoms with van der Waals surface area (Å²) in [5.74, 6) is 0.678. The summed E-state index contributed by atoms with van der Waals surface area (Å²) >= 11 is 1.68. The SMILES string of the molecule is Cc1nn2cc(C3CCCCCC3)nc2s1. The fourth-order valence-corrected chi connectivity index (χ4v) is 3.32. The van der Waals surface area contributed by atoms with Crippen LogP contribution in [0.5, 0.6) is 0 Å². The summed E-state index contributed by atoms with van der Waals surface area (Å²) in [6.07, 6.45) is 10.3. The Kier molecular flexibility index (Phi) is 2.67. The van der Waals surface area contributed by atoms with E-state index in [1.54, 1.807) is 11.3 Å². The molecule has 3 rings (SSSR count). The fraction of sp³-hybridized carbons (Fsp3) is 0.667. The standard InChI is InChI=1S/C12H17N3S/c1-9-14-15-8-11(13-12(15)16-9)10-6-4-2-3-5-7-10/h8,10H,2-7H2,1H3. The predicted octanol–water partition coefficient (Wildman–Crippen LogP) is 3.54. The topological polar surface area (TPSA) is 30.2 Å². The second-order valence-corrected chi connectivity index (χ2v) is 5.86. The van der Waals surface area contributed by atoms with Gasteiger partial charge in [-0.3, -0.25) is 0 Å². The molecule has 0 aromatic carbocycles. The summed E-state index contributed by atoms with van der Waals surface area (Å²) in [6, 6.07) is 0. The van der Waals surface area contributed by atoms with E-state index in [0.29, 0.717) is 5.92 Å². The van der Waals surface area contributed by atoms with E-state index in [9.17, 15) is 0 Å². The minimum Gasteiger partial charge on any atom is -0.222 e. The van der Waals surface area contributed by atoms with Gasteiger partial charge in [-0.25, -0.2) is 9.50 Å². The van der Waals surface area contributed by atoms with Crippen molar-refractivity contribution in [1.82, 2.24) is 14.6 Å². The maximum atomic E-state index is 4.72. The van der Waals surface area contributed by atoms with Crippen LogP contribution in [0.4, 0.5) is 0 Å². The third kappa shape index (κ3) is 1.86. The lowest BCUT2D eigenvalue weighted by molar-refractivity contribution is 0.580. The summed E-state index contributed by atoms with van der Waals surface area (Å²) in [4.78, 5) is 5.77. The summed E-state index contributed by atoms with van der Waals surface area (Å²) in [5.41, 5.74) is 1.26. The molecule has 0 saturated heterocycles. The number of aryl methyl sites for hydroxylation is 1. The van der Waals surface area contributed by atoms with Crippen LogP contribution in [0.15, 0.2) is 6.20 Å². The molecule has 1 fully saturated rings. The number of fused-ring (bicyclic) bond motifs is 1. The lowest BCUT2D eigenvalue weighted by Crippen LogP contribution is -1.97. The molecule has 0 aliphatic heterocycles. The van der Waals surface area contributed by atoms with E-state index >= 15 is 0 Å². The summed E-state index contributed by atoms with van der Waals surface area (Å²) in [6.45, 7) is 2.03. The highest BCUT2D eigenvalue weighted by Crippen LogP contribution is 2.31. The quantitative estimate of drug-likeness (QED) is 0.708. The number of aromatic nitrogens is 3. The first kappa shape index (κ1) is 10.3. The predicted molar refractivity (Wildman–Crippen MR) is 66.0 cm³/mol.